The number of rotatable bonds is 5. The number of benzene rings is 1. The number of anilines is 1. The zero-order chi connectivity index (χ0) is 13.8. The highest BCUT2D eigenvalue weighted by molar-refractivity contribution is 5.48. The Morgan fingerprint density at radius 3 is 2.37 bits per heavy atom. The fourth-order valence-corrected chi connectivity index (χ4v) is 2.71. The maximum Gasteiger partial charge on any atom is 0.0366 e. The van der Waals surface area contributed by atoms with Crippen LogP contribution in [-0.4, -0.2) is 19.1 Å². The predicted molar refractivity (Wildman–Crippen MR) is 83.6 cm³/mol. The second kappa shape index (κ2) is 6.42. The molecule has 0 aliphatic carbocycles. The first-order chi connectivity index (χ1) is 9.06. The summed E-state index contributed by atoms with van der Waals surface area (Å²) in [6, 6.07) is 9.62. The average Bonchev–Trinajstić information content (AvgIpc) is 2.86. The van der Waals surface area contributed by atoms with Crippen molar-refractivity contribution in [3.05, 3.63) is 29.8 Å². The van der Waals surface area contributed by atoms with Crippen LogP contribution in [0.1, 0.15) is 39.7 Å². The molecule has 0 radical (unpaired) electrons. The van der Waals surface area contributed by atoms with Crippen LogP contribution in [0.15, 0.2) is 24.3 Å². The van der Waals surface area contributed by atoms with Crippen LogP contribution in [0.25, 0.3) is 0 Å². The molecule has 1 fully saturated rings. The minimum absolute atomic E-state index is 0.546. The lowest BCUT2D eigenvalue weighted by atomic mass is 9.95. The Labute approximate surface area is 118 Å². The lowest BCUT2D eigenvalue weighted by Crippen LogP contribution is -2.22. The van der Waals surface area contributed by atoms with Gasteiger partial charge in [0.2, 0.25) is 0 Å². The fourth-order valence-electron chi connectivity index (χ4n) is 2.71. The largest absolute Gasteiger partial charge is 0.371 e. The van der Waals surface area contributed by atoms with Gasteiger partial charge in [-0.2, -0.15) is 0 Å². The highest BCUT2D eigenvalue weighted by Gasteiger charge is 2.24. The highest BCUT2D eigenvalue weighted by atomic mass is 15.1. The Morgan fingerprint density at radius 1 is 1.16 bits per heavy atom. The monoisotopic (exact) mass is 260 g/mol. The van der Waals surface area contributed by atoms with Gasteiger partial charge in [-0.3, -0.25) is 0 Å². The number of hydrogen-bond donors (Lipinski definition) is 1. The first-order valence-corrected chi connectivity index (χ1v) is 7.63. The Bertz CT molecular complexity index is 381. The van der Waals surface area contributed by atoms with E-state index >= 15 is 0 Å². The van der Waals surface area contributed by atoms with Gasteiger partial charge in [-0.15, -0.1) is 0 Å². The summed E-state index contributed by atoms with van der Waals surface area (Å²) < 4.78 is 0. The van der Waals surface area contributed by atoms with Crippen LogP contribution < -0.4 is 10.2 Å². The third-order valence-electron chi connectivity index (χ3n) is 4.18. The summed E-state index contributed by atoms with van der Waals surface area (Å²) in [6.45, 7) is 12.5. The van der Waals surface area contributed by atoms with E-state index in [1.54, 1.807) is 0 Å². The summed E-state index contributed by atoms with van der Waals surface area (Å²) in [4.78, 5) is 2.53. The Hall–Kier alpha value is -1.02. The van der Waals surface area contributed by atoms with Crippen molar-refractivity contribution in [3.8, 4) is 0 Å². The zero-order valence-corrected chi connectivity index (χ0v) is 12.8. The van der Waals surface area contributed by atoms with E-state index in [4.69, 9.17) is 0 Å². The van der Waals surface area contributed by atoms with Crippen molar-refractivity contribution < 1.29 is 0 Å². The molecule has 19 heavy (non-hydrogen) atoms. The molecule has 2 heteroatoms. The van der Waals surface area contributed by atoms with Crippen molar-refractivity contribution in [2.45, 2.75) is 46.7 Å². The van der Waals surface area contributed by atoms with Crippen molar-refractivity contribution in [2.24, 2.45) is 11.8 Å². The van der Waals surface area contributed by atoms with E-state index in [0.717, 1.165) is 18.4 Å². The molecular formula is C17H28N2. The van der Waals surface area contributed by atoms with Gasteiger partial charge < -0.3 is 10.2 Å². The molecule has 2 rings (SSSR count). The molecule has 1 aromatic rings. The van der Waals surface area contributed by atoms with Gasteiger partial charge in [0, 0.05) is 31.4 Å². The molecule has 1 aliphatic rings. The summed E-state index contributed by atoms with van der Waals surface area (Å²) in [5.74, 6) is 1.67. The summed E-state index contributed by atoms with van der Waals surface area (Å²) in [5.41, 5.74) is 2.76. The molecule has 0 saturated carbocycles. The van der Waals surface area contributed by atoms with E-state index in [-0.39, 0.29) is 0 Å². The third-order valence-corrected chi connectivity index (χ3v) is 4.18. The molecule has 2 nitrogen and oxygen atoms in total. The zero-order valence-electron chi connectivity index (χ0n) is 12.8. The summed E-state index contributed by atoms with van der Waals surface area (Å²) in [7, 11) is 0. The minimum atomic E-state index is 0.546. The van der Waals surface area contributed by atoms with Gasteiger partial charge in [-0.1, -0.05) is 39.8 Å². The minimum Gasteiger partial charge on any atom is -0.371 e. The maximum absolute atomic E-state index is 3.46. The fraction of sp³-hybridized carbons (Fsp3) is 0.647. The number of hydrogen-bond acceptors (Lipinski definition) is 2. The lowest BCUT2D eigenvalue weighted by molar-refractivity contribution is 0.423. The van der Waals surface area contributed by atoms with E-state index in [0.29, 0.717) is 6.04 Å². The van der Waals surface area contributed by atoms with E-state index < -0.39 is 0 Å². The highest BCUT2D eigenvalue weighted by Crippen LogP contribution is 2.28. The van der Waals surface area contributed by atoms with E-state index in [9.17, 15) is 0 Å². The van der Waals surface area contributed by atoms with Gasteiger partial charge >= 0.3 is 0 Å². The maximum atomic E-state index is 3.46. The molecule has 1 atom stereocenters. The van der Waals surface area contributed by atoms with Crippen LogP contribution in [0.5, 0.6) is 0 Å². The summed E-state index contributed by atoms with van der Waals surface area (Å²) >= 11 is 0. The second-order valence-electron chi connectivity index (χ2n) is 6.44. The SMILES string of the molecule is CC(C)NCc1ccc(N2CCC(C(C)C)C2)cc1. The molecule has 0 aromatic heterocycles. The quantitative estimate of drug-likeness (QED) is 0.869. The standard InChI is InChI=1S/C17H28N2/c1-13(2)16-9-10-19(12-16)17-7-5-15(6-8-17)11-18-14(3)4/h5-8,13-14,16,18H,9-12H2,1-4H3. The second-order valence-corrected chi connectivity index (χ2v) is 6.44. The molecule has 1 aliphatic heterocycles. The van der Waals surface area contributed by atoms with E-state index in [1.807, 2.05) is 0 Å². The van der Waals surface area contributed by atoms with Crippen LogP contribution in [0.4, 0.5) is 5.69 Å². The molecule has 1 unspecified atom stereocenters. The average molecular weight is 260 g/mol. The third kappa shape index (κ3) is 3.97. The topological polar surface area (TPSA) is 15.3 Å². The van der Waals surface area contributed by atoms with Crippen LogP contribution in [0.3, 0.4) is 0 Å². The van der Waals surface area contributed by atoms with E-state index in [2.05, 4.69) is 62.2 Å². The summed E-state index contributed by atoms with van der Waals surface area (Å²) in [6.07, 6.45) is 1.34. The predicted octanol–water partition coefficient (Wildman–Crippen LogP) is 3.67. The number of nitrogens with zero attached hydrogens (tertiary/aromatic N) is 1. The van der Waals surface area contributed by atoms with Crippen LogP contribution in [-0.2, 0) is 6.54 Å². The molecule has 1 N–H and O–H groups in total. The molecule has 1 saturated heterocycles. The molecule has 1 heterocycles. The van der Waals surface area contributed by atoms with Gasteiger partial charge in [0.1, 0.15) is 0 Å². The molecular weight excluding hydrogens is 232 g/mol. The van der Waals surface area contributed by atoms with Crippen LogP contribution >= 0.6 is 0 Å². The Kier molecular flexibility index (Phi) is 4.87. The molecule has 0 bridgehead atoms. The van der Waals surface area contributed by atoms with Crippen molar-refractivity contribution in [3.63, 3.8) is 0 Å². The summed E-state index contributed by atoms with van der Waals surface area (Å²) in [5, 5.41) is 3.46. The normalized spacial score (nSPS) is 19.7. The van der Waals surface area contributed by atoms with Crippen LogP contribution in [0, 0.1) is 11.8 Å². The van der Waals surface area contributed by atoms with Crippen molar-refractivity contribution in [1.29, 1.82) is 0 Å². The van der Waals surface area contributed by atoms with Gasteiger partial charge in [0.05, 0.1) is 0 Å². The lowest BCUT2D eigenvalue weighted by Gasteiger charge is -2.20. The number of nitrogens with one attached hydrogen (secondary N) is 1. The smallest absolute Gasteiger partial charge is 0.0366 e. The van der Waals surface area contributed by atoms with Gasteiger partial charge in [0.25, 0.3) is 0 Å². The van der Waals surface area contributed by atoms with Gasteiger partial charge in [-0.25, -0.2) is 0 Å². The van der Waals surface area contributed by atoms with E-state index in [1.165, 1.54) is 30.8 Å². The van der Waals surface area contributed by atoms with Crippen molar-refractivity contribution >= 4 is 5.69 Å². The Balaban J connectivity index is 1.92. The molecule has 0 amide bonds. The first-order valence-electron chi connectivity index (χ1n) is 7.63. The van der Waals surface area contributed by atoms with Crippen molar-refractivity contribution in [1.82, 2.24) is 5.32 Å². The van der Waals surface area contributed by atoms with Gasteiger partial charge in [-0.05, 0) is 36.0 Å². The van der Waals surface area contributed by atoms with Crippen molar-refractivity contribution in [2.75, 3.05) is 18.0 Å². The molecule has 1 aromatic carbocycles. The molecule has 106 valence electrons. The van der Waals surface area contributed by atoms with Gasteiger partial charge in [0.15, 0.2) is 0 Å². The first kappa shape index (κ1) is 14.4. The van der Waals surface area contributed by atoms with Crippen LogP contribution in [0.2, 0.25) is 0 Å². The molecule has 0 spiro atoms. The Morgan fingerprint density at radius 2 is 1.84 bits per heavy atom.